The number of nitrogens with zero attached hydrogens (tertiary/aromatic N) is 2. The summed E-state index contributed by atoms with van der Waals surface area (Å²) in [6.07, 6.45) is 1.63. The molecule has 0 atom stereocenters. The number of aromatic amines is 2. The van der Waals surface area contributed by atoms with Crippen molar-refractivity contribution in [3.8, 4) is 22.5 Å². The van der Waals surface area contributed by atoms with E-state index >= 15 is 0 Å². The van der Waals surface area contributed by atoms with Crippen LogP contribution in [0.5, 0.6) is 0 Å². The summed E-state index contributed by atoms with van der Waals surface area (Å²) in [5, 5.41) is 22.3. The molecule has 0 amide bonds. The van der Waals surface area contributed by atoms with Crippen LogP contribution in [0, 0.1) is 0 Å². The Kier molecular flexibility index (Phi) is 2.60. The molecule has 6 heteroatoms. The van der Waals surface area contributed by atoms with Crippen molar-refractivity contribution < 1.29 is 9.90 Å². The quantitative estimate of drug-likeness (QED) is 0.667. The van der Waals surface area contributed by atoms with Gasteiger partial charge in [-0.1, -0.05) is 30.3 Å². The molecule has 0 aliphatic rings. The minimum absolute atomic E-state index is 0.0511. The van der Waals surface area contributed by atoms with Gasteiger partial charge in [0.1, 0.15) is 5.69 Å². The van der Waals surface area contributed by atoms with Crippen LogP contribution in [0.2, 0.25) is 0 Å². The fraction of sp³-hybridized carbons (Fsp3) is 0. The van der Waals surface area contributed by atoms with Crippen LogP contribution in [0.1, 0.15) is 10.5 Å². The number of nitrogens with one attached hydrogen (secondary N) is 2. The standard InChI is InChI=1S/C13H10N4O2/c18-13(19)11-6-10(15-16-11)9-7-14-17-12(9)8-4-2-1-3-5-8/h1-7H,(H,14,17)(H,15,16)(H,18,19). The largest absolute Gasteiger partial charge is 0.477 e. The third kappa shape index (κ3) is 1.99. The Hall–Kier alpha value is -2.89. The monoisotopic (exact) mass is 254 g/mol. The van der Waals surface area contributed by atoms with Gasteiger partial charge in [-0.15, -0.1) is 0 Å². The molecule has 19 heavy (non-hydrogen) atoms. The van der Waals surface area contributed by atoms with Crippen molar-refractivity contribution in [2.75, 3.05) is 0 Å². The highest BCUT2D eigenvalue weighted by Gasteiger charge is 2.14. The minimum Gasteiger partial charge on any atom is -0.477 e. The summed E-state index contributed by atoms with van der Waals surface area (Å²) in [5.74, 6) is -1.04. The summed E-state index contributed by atoms with van der Waals surface area (Å²) in [6, 6.07) is 11.2. The zero-order valence-electron chi connectivity index (χ0n) is 9.79. The molecule has 1 aromatic carbocycles. The summed E-state index contributed by atoms with van der Waals surface area (Å²) >= 11 is 0. The number of aromatic carboxylic acids is 1. The molecular formula is C13H10N4O2. The lowest BCUT2D eigenvalue weighted by Crippen LogP contribution is -1.95. The van der Waals surface area contributed by atoms with Crippen molar-refractivity contribution >= 4 is 5.97 Å². The van der Waals surface area contributed by atoms with Crippen LogP contribution in [-0.4, -0.2) is 31.5 Å². The first-order chi connectivity index (χ1) is 9.25. The van der Waals surface area contributed by atoms with Gasteiger partial charge < -0.3 is 5.11 Å². The van der Waals surface area contributed by atoms with Crippen molar-refractivity contribution in [1.82, 2.24) is 20.4 Å². The minimum atomic E-state index is -1.04. The predicted molar refractivity (Wildman–Crippen MR) is 68.6 cm³/mol. The predicted octanol–water partition coefficient (Wildman–Crippen LogP) is 2.16. The molecule has 0 spiro atoms. The van der Waals surface area contributed by atoms with Crippen molar-refractivity contribution in [3.05, 3.63) is 48.3 Å². The maximum atomic E-state index is 10.8. The highest BCUT2D eigenvalue weighted by atomic mass is 16.4. The van der Waals surface area contributed by atoms with Crippen LogP contribution in [0.4, 0.5) is 0 Å². The fourth-order valence-corrected chi connectivity index (χ4v) is 1.87. The van der Waals surface area contributed by atoms with E-state index in [2.05, 4.69) is 20.4 Å². The van der Waals surface area contributed by atoms with E-state index in [9.17, 15) is 4.79 Å². The van der Waals surface area contributed by atoms with Gasteiger partial charge in [0, 0.05) is 11.1 Å². The van der Waals surface area contributed by atoms with Crippen LogP contribution < -0.4 is 0 Å². The maximum Gasteiger partial charge on any atom is 0.353 e. The van der Waals surface area contributed by atoms with Crippen LogP contribution >= 0.6 is 0 Å². The molecule has 3 rings (SSSR count). The van der Waals surface area contributed by atoms with Crippen LogP contribution in [-0.2, 0) is 0 Å². The fourth-order valence-electron chi connectivity index (χ4n) is 1.87. The Morgan fingerprint density at radius 1 is 1.16 bits per heavy atom. The molecule has 2 aromatic heterocycles. The topological polar surface area (TPSA) is 94.7 Å². The van der Waals surface area contributed by atoms with Gasteiger partial charge in [0.2, 0.25) is 0 Å². The number of carbonyl (C=O) groups is 1. The van der Waals surface area contributed by atoms with Crippen LogP contribution in [0.25, 0.3) is 22.5 Å². The van der Waals surface area contributed by atoms with E-state index in [1.165, 1.54) is 6.07 Å². The molecule has 0 saturated carbocycles. The van der Waals surface area contributed by atoms with E-state index in [1.54, 1.807) is 6.20 Å². The number of aromatic nitrogens is 4. The molecule has 0 radical (unpaired) electrons. The van der Waals surface area contributed by atoms with Crippen LogP contribution in [0.15, 0.2) is 42.6 Å². The molecular weight excluding hydrogens is 244 g/mol. The van der Waals surface area contributed by atoms with Crippen LogP contribution in [0.3, 0.4) is 0 Å². The van der Waals surface area contributed by atoms with E-state index in [0.29, 0.717) is 5.69 Å². The Labute approximate surface area is 108 Å². The summed E-state index contributed by atoms with van der Waals surface area (Å²) in [7, 11) is 0. The number of benzene rings is 1. The number of rotatable bonds is 3. The molecule has 0 bridgehead atoms. The molecule has 0 unspecified atom stereocenters. The highest BCUT2D eigenvalue weighted by Crippen LogP contribution is 2.28. The summed E-state index contributed by atoms with van der Waals surface area (Å²) in [6.45, 7) is 0. The van der Waals surface area contributed by atoms with Crippen molar-refractivity contribution in [1.29, 1.82) is 0 Å². The molecule has 0 saturated heterocycles. The Morgan fingerprint density at radius 2 is 1.95 bits per heavy atom. The molecule has 6 nitrogen and oxygen atoms in total. The first kappa shape index (κ1) is 11.2. The van der Waals surface area contributed by atoms with Crippen molar-refractivity contribution in [3.63, 3.8) is 0 Å². The molecule has 0 fully saturated rings. The zero-order valence-corrected chi connectivity index (χ0v) is 9.79. The lowest BCUT2D eigenvalue weighted by atomic mass is 10.1. The second-order valence-electron chi connectivity index (χ2n) is 4.00. The Morgan fingerprint density at radius 3 is 2.63 bits per heavy atom. The summed E-state index contributed by atoms with van der Waals surface area (Å²) in [4.78, 5) is 10.8. The summed E-state index contributed by atoms with van der Waals surface area (Å²) < 4.78 is 0. The SMILES string of the molecule is O=C(O)c1cc(-c2cn[nH]c2-c2ccccc2)n[nH]1. The lowest BCUT2D eigenvalue weighted by molar-refractivity contribution is 0.0690. The molecule has 0 aliphatic heterocycles. The lowest BCUT2D eigenvalue weighted by Gasteiger charge is -1.99. The third-order valence-electron chi connectivity index (χ3n) is 2.79. The van der Waals surface area contributed by atoms with Gasteiger partial charge in [0.25, 0.3) is 0 Å². The highest BCUT2D eigenvalue weighted by molar-refractivity contribution is 5.88. The van der Waals surface area contributed by atoms with Crippen molar-refractivity contribution in [2.24, 2.45) is 0 Å². The number of carboxylic acids is 1. The first-order valence-electron chi connectivity index (χ1n) is 5.63. The zero-order chi connectivity index (χ0) is 13.2. The average Bonchev–Trinajstić information content (AvgIpc) is 3.08. The molecule has 2 heterocycles. The van der Waals surface area contributed by atoms with Gasteiger partial charge in [-0.2, -0.15) is 10.2 Å². The number of carboxylic acid groups (broad SMARTS) is 1. The second kappa shape index (κ2) is 4.41. The number of H-pyrrole nitrogens is 2. The molecule has 3 aromatic rings. The third-order valence-corrected chi connectivity index (χ3v) is 2.79. The Bertz CT molecular complexity index is 715. The normalized spacial score (nSPS) is 10.5. The molecule has 3 N–H and O–H groups in total. The number of hydrogen-bond acceptors (Lipinski definition) is 3. The molecule has 94 valence electrons. The van der Waals surface area contributed by atoms with Gasteiger partial charge >= 0.3 is 5.97 Å². The van der Waals surface area contributed by atoms with Gasteiger partial charge in [0.15, 0.2) is 0 Å². The number of hydrogen-bond donors (Lipinski definition) is 3. The van der Waals surface area contributed by atoms with E-state index in [4.69, 9.17) is 5.11 Å². The van der Waals surface area contributed by atoms with E-state index < -0.39 is 5.97 Å². The first-order valence-corrected chi connectivity index (χ1v) is 5.63. The van der Waals surface area contributed by atoms with E-state index in [0.717, 1.165) is 16.8 Å². The van der Waals surface area contributed by atoms with Gasteiger partial charge in [-0.25, -0.2) is 4.79 Å². The average molecular weight is 254 g/mol. The van der Waals surface area contributed by atoms with Crippen molar-refractivity contribution in [2.45, 2.75) is 0 Å². The summed E-state index contributed by atoms with van der Waals surface area (Å²) in [5.41, 5.74) is 3.13. The van der Waals surface area contributed by atoms with E-state index in [-0.39, 0.29) is 5.69 Å². The second-order valence-corrected chi connectivity index (χ2v) is 4.00. The smallest absolute Gasteiger partial charge is 0.353 e. The maximum absolute atomic E-state index is 10.8. The Balaban J connectivity index is 2.07. The van der Waals surface area contributed by atoms with Gasteiger partial charge in [0.05, 0.1) is 17.6 Å². The molecule has 0 aliphatic carbocycles. The van der Waals surface area contributed by atoms with E-state index in [1.807, 2.05) is 30.3 Å². The van der Waals surface area contributed by atoms with Gasteiger partial charge in [-0.3, -0.25) is 10.2 Å². The van der Waals surface area contributed by atoms with Gasteiger partial charge in [-0.05, 0) is 6.07 Å².